The molecule has 0 radical (unpaired) electrons. The number of ketones is 1. The molecule has 13 heavy (non-hydrogen) atoms. The molecule has 0 aliphatic rings. The first-order valence-electron chi connectivity index (χ1n) is 4.33. The smallest absolute Gasteiger partial charge is 0.141 e. The SMILES string of the molecule is CC(N)CC(=O)Cc1nccn1C. The Hall–Kier alpha value is -1.16. The van der Waals surface area contributed by atoms with Crippen LogP contribution < -0.4 is 5.73 Å². The van der Waals surface area contributed by atoms with E-state index in [0.717, 1.165) is 5.82 Å². The number of carbonyl (C=O) groups excluding carboxylic acids is 1. The Kier molecular flexibility index (Phi) is 3.19. The molecule has 0 amide bonds. The minimum absolute atomic E-state index is 0.0623. The van der Waals surface area contributed by atoms with Gasteiger partial charge in [0.25, 0.3) is 0 Å². The van der Waals surface area contributed by atoms with Gasteiger partial charge in [0, 0.05) is 31.9 Å². The molecule has 0 aromatic carbocycles. The lowest BCUT2D eigenvalue weighted by Crippen LogP contribution is -2.21. The summed E-state index contributed by atoms with van der Waals surface area (Å²) in [7, 11) is 1.88. The van der Waals surface area contributed by atoms with E-state index >= 15 is 0 Å². The lowest BCUT2D eigenvalue weighted by molar-refractivity contribution is -0.118. The van der Waals surface area contributed by atoms with Gasteiger partial charge >= 0.3 is 0 Å². The lowest BCUT2D eigenvalue weighted by atomic mass is 10.1. The molecule has 1 aromatic rings. The second kappa shape index (κ2) is 4.18. The molecule has 0 fully saturated rings. The summed E-state index contributed by atoms with van der Waals surface area (Å²) < 4.78 is 1.85. The average Bonchev–Trinajstić information content (AvgIpc) is 2.34. The van der Waals surface area contributed by atoms with E-state index in [2.05, 4.69) is 4.98 Å². The summed E-state index contributed by atoms with van der Waals surface area (Å²) in [6.07, 6.45) is 4.32. The second-order valence-corrected chi connectivity index (χ2v) is 3.35. The minimum Gasteiger partial charge on any atom is -0.338 e. The Morgan fingerprint density at radius 1 is 1.77 bits per heavy atom. The fourth-order valence-electron chi connectivity index (χ4n) is 1.17. The van der Waals surface area contributed by atoms with Gasteiger partial charge < -0.3 is 10.3 Å². The molecule has 0 saturated heterocycles. The fraction of sp³-hybridized carbons (Fsp3) is 0.556. The summed E-state index contributed by atoms with van der Waals surface area (Å²) >= 11 is 0. The molecule has 0 bridgehead atoms. The predicted molar refractivity (Wildman–Crippen MR) is 50.2 cm³/mol. The van der Waals surface area contributed by atoms with Crippen LogP contribution in [0.2, 0.25) is 0 Å². The summed E-state index contributed by atoms with van der Waals surface area (Å²) in [5.41, 5.74) is 5.51. The standard InChI is InChI=1S/C9H15N3O/c1-7(10)5-8(13)6-9-11-3-4-12(9)2/h3-4,7H,5-6,10H2,1-2H3. The number of aromatic nitrogens is 2. The van der Waals surface area contributed by atoms with E-state index in [0.29, 0.717) is 12.8 Å². The monoisotopic (exact) mass is 181 g/mol. The molecule has 4 heteroatoms. The van der Waals surface area contributed by atoms with Crippen molar-refractivity contribution < 1.29 is 4.79 Å². The maximum absolute atomic E-state index is 11.3. The number of hydrogen-bond donors (Lipinski definition) is 1. The third-order valence-electron chi connectivity index (χ3n) is 1.83. The van der Waals surface area contributed by atoms with Gasteiger partial charge in [0.2, 0.25) is 0 Å². The number of hydrogen-bond acceptors (Lipinski definition) is 3. The van der Waals surface area contributed by atoms with Crippen molar-refractivity contribution >= 4 is 5.78 Å². The first-order chi connectivity index (χ1) is 6.09. The molecule has 1 rings (SSSR count). The number of rotatable bonds is 4. The molecule has 0 saturated carbocycles. The van der Waals surface area contributed by atoms with E-state index < -0.39 is 0 Å². The first-order valence-corrected chi connectivity index (χ1v) is 4.33. The summed E-state index contributed by atoms with van der Waals surface area (Å²) in [6.45, 7) is 1.83. The Bertz CT molecular complexity index is 291. The van der Waals surface area contributed by atoms with E-state index in [1.54, 1.807) is 6.20 Å². The van der Waals surface area contributed by atoms with Gasteiger partial charge in [0.1, 0.15) is 11.6 Å². The zero-order chi connectivity index (χ0) is 9.84. The molecule has 0 spiro atoms. The van der Waals surface area contributed by atoms with E-state index in [4.69, 9.17) is 5.73 Å². The zero-order valence-corrected chi connectivity index (χ0v) is 8.03. The van der Waals surface area contributed by atoms with Crippen molar-refractivity contribution in [3.63, 3.8) is 0 Å². The first kappa shape index (κ1) is 9.92. The quantitative estimate of drug-likeness (QED) is 0.725. The van der Waals surface area contributed by atoms with Crippen LogP contribution in [0.3, 0.4) is 0 Å². The molecular formula is C9H15N3O. The summed E-state index contributed by atoms with van der Waals surface area (Å²) in [6, 6.07) is -0.0623. The van der Waals surface area contributed by atoms with Crippen LogP contribution in [-0.2, 0) is 18.3 Å². The number of Topliss-reactive ketones (excluding diaryl/α,β-unsaturated/α-hetero) is 1. The number of aryl methyl sites for hydroxylation is 1. The molecular weight excluding hydrogens is 166 g/mol. The highest BCUT2D eigenvalue weighted by Crippen LogP contribution is 1.99. The summed E-state index contributed by atoms with van der Waals surface area (Å²) in [5, 5.41) is 0. The van der Waals surface area contributed by atoms with E-state index in [9.17, 15) is 4.79 Å². The van der Waals surface area contributed by atoms with Crippen LogP contribution in [0, 0.1) is 0 Å². The molecule has 1 aromatic heterocycles. The topological polar surface area (TPSA) is 60.9 Å². The second-order valence-electron chi connectivity index (χ2n) is 3.35. The van der Waals surface area contributed by atoms with Gasteiger partial charge in [-0.15, -0.1) is 0 Å². The largest absolute Gasteiger partial charge is 0.338 e. The van der Waals surface area contributed by atoms with E-state index in [-0.39, 0.29) is 11.8 Å². The Morgan fingerprint density at radius 2 is 2.46 bits per heavy atom. The molecule has 2 N–H and O–H groups in total. The third kappa shape index (κ3) is 2.99. The maximum atomic E-state index is 11.3. The van der Waals surface area contributed by atoms with Gasteiger partial charge in [-0.1, -0.05) is 0 Å². The molecule has 72 valence electrons. The maximum Gasteiger partial charge on any atom is 0.141 e. The van der Waals surface area contributed by atoms with Crippen molar-refractivity contribution in [3.05, 3.63) is 18.2 Å². The Labute approximate surface area is 77.8 Å². The predicted octanol–water partition coefficient (Wildman–Crippen LogP) is 0.269. The van der Waals surface area contributed by atoms with E-state index in [1.807, 2.05) is 24.7 Å². The van der Waals surface area contributed by atoms with Crippen LogP contribution in [0.1, 0.15) is 19.2 Å². The highest BCUT2D eigenvalue weighted by atomic mass is 16.1. The van der Waals surface area contributed by atoms with Gasteiger partial charge in [-0.2, -0.15) is 0 Å². The Balaban J connectivity index is 2.50. The molecule has 0 aliphatic heterocycles. The zero-order valence-electron chi connectivity index (χ0n) is 8.03. The van der Waals surface area contributed by atoms with Gasteiger partial charge in [-0.3, -0.25) is 4.79 Å². The average molecular weight is 181 g/mol. The molecule has 1 heterocycles. The van der Waals surface area contributed by atoms with Crippen molar-refractivity contribution in [2.45, 2.75) is 25.8 Å². The van der Waals surface area contributed by atoms with Gasteiger partial charge in [0.05, 0.1) is 6.42 Å². The minimum atomic E-state index is -0.0623. The van der Waals surface area contributed by atoms with Crippen LogP contribution in [0.4, 0.5) is 0 Å². The van der Waals surface area contributed by atoms with E-state index in [1.165, 1.54) is 0 Å². The van der Waals surface area contributed by atoms with Crippen LogP contribution in [0.5, 0.6) is 0 Å². The summed E-state index contributed by atoms with van der Waals surface area (Å²) in [5.74, 6) is 0.940. The fourth-order valence-corrected chi connectivity index (χ4v) is 1.17. The van der Waals surface area contributed by atoms with Gasteiger partial charge in [-0.05, 0) is 6.92 Å². The molecule has 1 atom stereocenters. The highest BCUT2D eigenvalue weighted by Gasteiger charge is 2.08. The highest BCUT2D eigenvalue weighted by molar-refractivity contribution is 5.80. The third-order valence-corrected chi connectivity index (χ3v) is 1.83. The summed E-state index contributed by atoms with van der Waals surface area (Å²) in [4.78, 5) is 15.4. The van der Waals surface area contributed by atoms with Crippen LogP contribution in [0.25, 0.3) is 0 Å². The van der Waals surface area contributed by atoms with Crippen molar-refractivity contribution in [1.82, 2.24) is 9.55 Å². The number of nitrogens with two attached hydrogens (primary N) is 1. The van der Waals surface area contributed by atoms with Crippen molar-refractivity contribution in [1.29, 1.82) is 0 Å². The van der Waals surface area contributed by atoms with Crippen molar-refractivity contribution in [2.24, 2.45) is 12.8 Å². The van der Waals surface area contributed by atoms with Crippen LogP contribution in [0.15, 0.2) is 12.4 Å². The van der Waals surface area contributed by atoms with Crippen LogP contribution in [-0.4, -0.2) is 21.4 Å². The molecule has 1 unspecified atom stereocenters. The van der Waals surface area contributed by atoms with Crippen molar-refractivity contribution in [2.75, 3.05) is 0 Å². The van der Waals surface area contributed by atoms with Gasteiger partial charge in [0.15, 0.2) is 0 Å². The number of nitrogens with zero attached hydrogens (tertiary/aromatic N) is 2. The molecule has 4 nitrogen and oxygen atoms in total. The number of carbonyl (C=O) groups is 1. The lowest BCUT2D eigenvalue weighted by Gasteiger charge is -2.03. The van der Waals surface area contributed by atoms with Crippen LogP contribution >= 0.6 is 0 Å². The van der Waals surface area contributed by atoms with Gasteiger partial charge in [-0.25, -0.2) is 4.98 Å². The normalized spacial score (nSPS) is 12.8. The Morgan fingerprint density at radius 3 is 2.92 bits per heavy atom. The number of imidazole rings is 1. The molecule has 0 aliphatic carbocycles. The van der Waals surface area contributed by atoms with Crippen molar-refractivity contribution in [3.8, 4) is 0 Å².